The number of nitrogens with one attached hydrogen (secondary N) is 1. The molecule has 0 aromatic rings. The topological polar surface area (TPSA) is 41.6 Å². The van der Waals surface area contributed by atoms with Gasteiger partial charge in [-0.25, -0.2) is 4.79 Å². The fourth-order valence-electron chi connectivity index (χ4n) is 2.95. The monoisotopic (exact) mass is 238 g/mol. The van der Waals surface area contributed by atoms with Crippen LogP contribution in [0.15, 0.2) is 0 Å². The third-order valence-corrected chi connectivity index (χ3v) is 4.37. The maximum Gasteiger partial charge on any atom is 0.317 e. The van der Waals surface area contributed by atoms with Crippen molar-refractivity contribution in [3.63, 3.8) is 0 Å². The highest BCUT2D eigenvalue weighted by molar-refractivity contribution is 5.75. The van der Waals surface area contributed by atoms with Crippen molar-refractivity contribution in [2.24, 2.45) is 11.3 Å². The number of ether oxygens (including phenoxy) is 1. The molecule has 1 aliphatic heterocycles. The van der Waals surface area contributed by atoms with Crippen LogP contribution in [0.1, 0.15) is 32.6 Å². The molecular weight excluding hydrogens is 216 g/mol. The van der Waals surface area contributed by atoms with Crippen molar-refractivity contribution in [3.05, 3.63) is 0 Å². The molecule has 2 saturated carbocycles. The molecule has 0 aromatic heterocycles. The van der Waals surface area contributed by atoms with E-state index in [4.69, 9.17) is 4.74 Å². The van der Waals surface area contributed by atoms with Gasteiger partial charge in [0, 0.05) is 24.5 Å². The molecule has 0 radical (unpaired) electrons. The smallest absolute Gasteiger partial charge is 0.317 e. The second kappa shape index (κ2) is 4.16. The van der Waals surface area contributed by atoms with Crippen molar-refractivity contribution in [2.75, 3.05) is 26.3 Å². The lowest BCUT2D eigenvalue weighted by molar-refractivity contribution is 0.144. The summed E-state index contributed by atoms with van der Waals surface area (Å²) in [5.74, 6) is 0.711. The quantitative estimate of drug-likeness (QED) is 0.790. The minimum atomic E-state index is 0.140. The van der Waals surface area contributed by atoms with Gasteiger partial charge in [0.15, 0.2) is 0 Å². The van der Waals surface area contributed by atoms with Crippen LogP contribution in [0, 0.1) is 11.3 Å². The minimum absolute atomic E-state index is 0.140. The van der Waals surface area contributed by atoms with Crippen LogP contribution in [0.3, 0.4) is 0 Å². The number of hydrogen-bond acceptors (Lipinski definition) is 2. The molecule has 17 heavy (non-hydrogen) atoms. The lowest BCUT2D eigenvalue weighted by Crippen LogP contribution is -2.44. The van der Waals surface area contributed by atoms with Gasteiger partial charge in [0.05, 0.1) is 13.2 Å². The van der Waals surface area contributed by atoms with Crippen LogP contribution in [0.5, 0.6) is 0 Å². The summed E-state index contributed by atoms with van der Waals surface area (Å²) < 4.78 is 5.45. The van der Waals surface area contributed by atoms with Gasteiger partial charge in [-0.2, -0.15) is 0 Å². The molecule has 0 spiro atoms. The summed E-state index contributed by atoms with van der Waals surface area (Å²) in [6.07, 6.45) is 4.65. The lowest BCUT2D eigenvalue weighted by Gasteiger charge is -2.23. The van der Waals surface area contributed by atoms with Gasteiger partial charge in [0.1, 0.15) is 0 Å². The number of hydrogen-bond donors (Lipinski definition) is 1. The van der Waals surface area contributed by atoms with E-state index in [2.05, 4.69) is 12.2 Å². The van der Waals surface area contributed by atoms with Crippen molar-refractivity contribution in [2.45, 2.75) is 38.6 Å². The third-order valence-electron chi connectivity index (χ3n) is 4.37. The van der Waals surface area contributed by atoms with Gasteiger partial charge in [-0.3, -0.25) is 0 Å². The van der Waals surface area contributed by atoms with Crippen LogP contribution in [0.25, 0.3) is 0 Å². The summed E-state index contributed by atoms with van der Waals surface area (Å²) in [4.78, 5) is 14.1. The standard InChI is InChI=1S/C13H22N2O2/c1-2-5-15(11-3-4-11)12(16)14-8-13-6-10(13)7-17-9-13/h10-11H,2-9H2,1H3,(H,14,16). The summed E-state index contributed by atoms with van der Waals surface area (Å²) in [6.45, 7) is 5.57. The van der Waals surface area contributed by atoms with Crippen molar-refractivity contribution in [3.8, 4) is 0 Å². The number of amides is 2. The van der Waals surface area contributed by atoms with Crippen molar-refractivity contribution in [1.82, 2.24) is 10.2 Å². The molecule has 1 N–H and O–H groups in total. The first-order valence-corrected chi connectivity index (χ1v) is 6.87. The van der Waals surface area contributed by atoms with Crippen molar-refractivity contribution >= 4 is 6.03 Å². The summed E-state index contributed by atoms with van der Waals surface area (Å²) in [5, 5.41) is 3.12. The molecule has 1 heterocycles. The van der Waals surface area contributed by atoms with Gasteiger partial charge >= 0.3 is 6.03 Å². The maximum absolute atomic E-state index is 12.1. The third kappa shape index (κ3) is 2.15. The maximum atomic E-state index is 12.1. The van der Waals surface area contributed by atoms with E-state index in [1.807, 2.05) is 4.90 Å². The molecule has 2 aliphatic carbocycles. The first-order valence-electron chi connectivity index (χ1n) is 6.87. The first kappa shape index (κ1) is 11.3. The number of fused-ring (bicyclic) bond motifs is 1. The number of carbonyl (C=O) groups is 1. The normalized spacial score (nSPS) is 34.3. The Hall–Kier alpha value is -0.770. The summed E-state index contributed by atoms with van der Waals surface area (Å²) in [7, 11) is 0. The predicted octanol–water partition coefficient (Wildman–Crippen LogP) is 1.61. The molecule has 2 amide bonds. The van der Waals surface area contributed by atoms with Crippen molar-refractivity contribution in [1.29, 1.82) is 0 Å². The summed E-state index contributed by atoms with van der Waals surface area (Å²) in [6, 6.07) is 0.656. The second-order valence-electron chi connectivity index (χ2n) is 5.86. The van der Waals surface area contributed by atoms with Crippen LogP contribution in [0.2, 0.25) is 0 Å². The van der Waals surface area contributed by atoms with Gasteiger partial charge in [-0.15, -0.1) is 0 Å². The fourth-order valence-corrected chi connectivity index (χ4v) is 2.95. The lowest BCUT2D eigenvalue weighted by atomic mass is 10.1. The average molecular weight is 238 g/mol. The molecule has 3 rings (SSSR count). The van der Waals surface area contributed by atoms with E-state index in [0.717, 1.165) is 32.7 Å². The molecule has 2 atom stereocenters. The van der Waals surface area contributed by atoms with E-state index in [1.54, 1.807) is 0 Å². The molecule has 3 aliphatic rings. The highest BCUT2D eigenvalue weighted by atomic mass is 16.5. The summed E-state index contributed by atoms with van der Waals surface area (Å²) in [5.41, 5.74) is 0.303. The van der Waals surface area contributed by atoms with Crippen LogP contribution < -0.4 is 5.32 Å². The SMILES string of the molecule is CCCN(C(=O)NCC12COCC1C2)C1CC1. The van der Waals surface area contributed by atoms with Crippen LogP contribution in [-0.4, -0.2) is 43.3 Å². The molecule has 3 fully saturated rings. The number of carbonyl (C=O) groups excluding carboxylic acids is 1. The molecular formula is C13H22N2O2. The van der Waals surface area contributed by atoms with E-state index in [9.17, 15) is 4.79 Å². The molecule has 0 bridgehead atoms. The van der Waals surface area contributed by atoms with E-state index in [-0.39, 0.29) is 6.03 Å². The largest absolute Gasteiger partial charge is 0.380 e. The van der Waals surface area contributed by atoms with Gasteiger partial charge in [-0.1, -0.05) is 6.92 Å². The van der Waals surface area contributed by atoms with Crippen LogP contribution >= 0.6 is 0 Å². The van der Waals surface area contributed by atoms with Gasteiger partial charge < -0.3 is 15.0 Å². The van der Waals surface area contributed by atoms with Crippen molar-refractivity contribution < 1.29 is 9.53 Å². The fraction of sp³-hybridized carbons (Fsp3) is 0.923. The Morgan fingerprint density at radius 2 is 2.35 bits per heavy atom. The average Bonchev–Trinajstić information content (AvgIpc) is 3.24. The second-order valence-corrected chi connectivity index (χ2v) is 5.86. The Morgan fingerprint density at radius 3 is 2.88 bits per heavy atom. The zero-order valence-electron chi connectivity index (χ0n) is 10.6. The highest BCUT2D eigenvalue weighted by Gasteiger charge is 2.58. The molecule has 96 valence electrons. The molecule has 0 aromatic carbocycles. The number of rotatable bonds is 5. The van der Waals surface area contributed by atoms with Crippen LogP contribution in [0.4, 0.5) is 4.79 Å². The predicted molar refractivity (Wildman–Crippen MR) is 64.8 cm³/mol. The van der Waals surface area contributed by atoms with E-state index >= 15 is 0 Å². The molecule has 4 heteroatoms. The Balaban J connectivity index is 1.48. The van der Waals surface area contributed by atoms with Crippen LogP contribution in [-0.2, 0) is 4.74 Å². The van der Waals surface area contributed by atoms with Gasteiger partial charge in [-0.05, 0) is 31.6 Å². The first-order chi connectivity index (χ1) is 8.25. The zero-order chi connectivity index (χ0) is 11.9. The highest BCUT2D eigenvalue weighted by Crippen LogP contribution is 2.56. The number of nitrogens with zero attached hydrogens (tertiary/aromatic N) is 1. The summed E-state index contributed by atoms with van der Waals surface area (Å²) >= 11 is 0. The Kier molecular flexibility index (Phi) is 2.77. The van der Waals surface area contributed by atoms with Gasteiger partial charge in [0.2, 0.25) is 0 Å². The Bertz CT molecular complexity index is 317. The number of urea groups is 1. The van der Waals surface area contributed by atoms with E-state index < -0.39 is 0 Å². The molecule has 4 nitrogen and oxygen atoms in total. The van der Waals surface area contributed by atoms with Gasteiger partial charge in [0.25, 0.3) is 0 Å². The molecule has 2 unspecified atom stereocenters. The Labute approximate surface area is 103 Å². The Morgan fingerprint density at radius 1 is 1.53 bits per heavy atom. The van der Waals surface area contributed by atoms with E-state index in [1.165, 1.54) is 19.3 Å². The van der Waals surface area contributed by atoms with E-state index in [0.29, 0.717) is 17.4 Å². The zero-order valence-corrected chi connectivity index (χ0v) is 10.6. The molecule has 1 saturated heterocycles. The minimum Gasteiger partial charge on any atom is -0.380 e.